The Morgan fingerprint density at radius 2 is 1.37 bits per heavy atom. The summed E-state index contributed by atoms with van der Waals surface area (Å²) in [5.41, 5.74) is 1.39. The molecule has 0 heterocycles. The number of nitrogens with one attached hydrogen (secondary N) is 3. The van der Waals surface area contributed by atoms with Crippen LogP contribution in [0, 0.1) is 0 Å². The quantitative estimate of drug-likeness (QED) is 0.690. The fourth-order valence-corrected chi connectivity index (χ4v) is 3.39. The first-order valence-electron chi connectivity index (χ1n) is 7.93. The minimum absolute atomic E-state index is 0.0395. The summed E-state index contributed by atoms with van der Waals surface area (Å²) in [5, 5.41) is 7.55. The van der Waals surface area contributed by atoms with Gasteiger partial charge >= 0.3 is 0 Å². The third kappa shape index (κ3) is 5.65. The second-order valence-corrected chi connectivity index (χ2v) is 7.66. The Hall–Kier alpha value is -3.20. The van der Waals surface area contributed by atoms with Crippen LogP contribution in [0.15, 0.2) is 53.4 Å². The van der Waals surface area contributed by atoms with Crippen molar-refractivity contribution in [3.63, 3.8) is 0 Å². The molecule has 0 aliphatic heterocycles. The van der Waals surface area contributed by atoms with E-state index in [1.54, 1.807) is 24.3 Å². The van der Waals surface area contributed by atoms with Crippen LogP contribution in [0.4, 0.5) is 11.4 Å². The molecule has 0 radical (unpaired) electrons. The predicted octanol–water partition coefficient (Wildman–Crippen LogP) is 1.42. The fourth-order valence-electron chi connectivity index (χ4n) is 2.19. The zero-order valence-electron chi connectivity index (χ0n) is 14.8. The zero-order chi connectivity index (χ0) is 20.0. The van der Waals surface area contributed by atoms with Crippen molar-refractivity contribution in [3.05, 3.63) is 54.1 Å². The van der Waals surface area contributed by atoms with Crippen LogP contribution in [0.25, 0.3) is 0 Å². The summed E-state index contributed by atoms with van der Waals surface area (Å²) in [7, 11) is -2.41. The Labute approximate surface area is 156 Å². The van der Waals surface area contributed by atoms with Crippen molar-refractivity contribution in [2.45, 2.75) is 11.8 Å². The molecule has 3 amide bonds. The molecule has 0 aliphatic rings. The van der Waals surface area contributed by atoms with Gasteiger partial charge in [-0.25, -0.2) is 8.42 Å². The largest absolute Gasteiger partial charge is 0.358 e. The van der Waals surface area contributed by atoms with E-state index in [0.29, 0.717) is 11.4 Å². The Bertz CT molecular complexity index is 951. The molecule has 0 spiro atoms. The van der Waals surface area contributed by atoms with Gasteiger partial charge in [-0.3, -0.25) is 14.4 Å². The van der Waals surface area contributed by atoms with Gasteiger partial charge in [-0.05, 0) is 48.5 Å². The molecule has 0 fully saturated rings. The molecule has 0 bridgehead atoms. The van der Waals surface area contributed by atoms with Crippen LogP contribution in [0.3, 0.4) is 0 Å². The van der Waals surface area contributed by atoms with E-state index in [4.69, 9.17) is 0 Å². The van der Waals surface area contributed by atoms with Crippen LogP contribution in [-0.2, 0) is 19.4 Å². The van der Waals surface area contributed by atoms with E-state index in [9.17, 15) is 22.8 Å². The molecule has 2 aromatic carbocycles. The van der Waals surface area contributed by atoms with E-state index in [1.165, 1.54) is 38.2 Å². The maximum Gasteiger partial charge on any atom is 0.255 e. The normalized spacial score (nSPS) is 10.7. The summed E-state index contributed by atoms with van der Waals surface area (Å²) in [4.78, 5) is 34.5. The van der Waals surface area contributed by atoms with Gasteiger partial charge in [0.05, 0.1) is 4.90 Å². The highest BCUT2D eigenvalue weighted by Crippen LogP contribution is 2.16. The van der Waals surface area contributed by atoms with E-state index >= 15 is 0 Å². The van der Waals surface area contributed by atoms with Gasteiger partial charge in [-0.2, -0.15) is 0 Å². The molecule has 0 unspecified atom stereocenters. The first kappa shape index (κ1) is 20.1. The zero-order valence-corrected chi connectivity index (χ0v) is 15.6. The highest BCUT2D eigenvalue weighted by Gasteiger charge is 2.19. The Kier molecular flexibility index (Phi) is 6.30. The van der Waals surface area contributed by atoms with Gasteiger partial charge in [0.25, 0.3) is 5.91 Å². The number of hydrogen-bond donors (Lipinski definition) is 3. The maximum atomic E-state index is 12.3. The van der Waals surface area contributed by atoms with Crippen molar-refractivity contribution < 1.29 is 22.8 Å². The number of benzene rings is 2. The maximum absolute atomic E-state index is 12.3. The van der Waals surface area contributed by atoms with Crippen molar-refractivity contribution in [3.8, 4) is 0 Å². The average Bonchev–Trinajstić information content (AvgIpc) is 2.62. The molecule has 0 aromatic heterocycles. The van der Waals surface area contributed by atoms with E-state index in [1.807, 2.05) is 0 Å². The van der Waals surface area contributed by atoms with Crippen LogP contribution in [0.5, 0.6) is 0 Å². The van der Waals surface area contributed by atoms with Gasteiger partial charge < -0.3 is 16.0 Å². The van der Waals surface area contributed by atoms with Gasteiger partial charge in [-0.15, -0.1) is 0 Å². The molecular weight excluding hydrogens is 370 g/mol. The lowest BCUT2D eigenvalue weighted by molar-refractivity contribution is -0.118. The lowest BCUT2D eigenvalue weighted by atomic mass is 10.2. The molecule has 0 saturated heterocycles. The second kappa shape index (κ2) is 8.45. The van der Waals surface area contributed by atoms with Crippen LogP contribution < -0.4 is 16.0 Å². The molecule has 2 rings (SSSR count). The molecule has 8 nitrogen and oxygen atoms in total. The van der Waals surface area contributed by atoms with E-state index < -0.39 is 27.4 Å². The molecule has 142 valence electrons. The van der Waals surface area contributed by atoms with Crippen LogP contribution in [-0.4, -0.2) is 38.9 Å². The highest BCUT2D eigenvalue weighted by molar-refractivity contribution is 7.92. The SMILES string of the molecule is CNC(=O)CS(=O)(=O)c1ccc(C(=O)Nc2ccc(NC(C)=O)cc2)cc1. The van der Waals surface area contributed by atoms with Crippen molar-refractivity contribution in [1.82, 2.24) is 5.32 Å². The number of rotatable bonds is 6. The highest BCUT2D eigenvalue weighted by atomic mass is 32.2. The Morgan fingerprint density at radius 1 is 0.852 bits per heavy atom. The fraction of sp³-hybridized carbons (Fsp3) is 0.167. The second-order valence-electron chi connectivity index (χ2n) is 5.67. The summed E-state index contributed by atoms with van der Waals surface area (Å²) in [6.45, 7) is 1.40. The van der Waals surface area contributed by atoms with Gasteiger partial charge in [0.2, 0.25) is 11.8 Å². The summed E-state index contributed by atoms with van der Waals surface area (Å²) in [6.07, 6.45) is 0. The number of carbonyl (C=O) groups excluding carboxylic acids is 3. The molecule has 27 heavy (non-hydrogen) atoms. The van der Waals surface area contributed by atoms with Gasteiger partial charge in [-0.1, -0.05) is 0 Å². The molecule has 9 heteroatoms. The van der Waals surface area contributed by atoms with Gasteiger partial charge in [0.15, 0.2) is 9.84 Å². The van der Waals surface area contributed by atoms with Crippen LogP contribution in [0.2, 0.25) is 0 Å². The minimum Gasteiger partial charge on any atom is -0.358 e. The molecule has 0 aliphatic carbocycles. The topological polar surface area (TPSA) is 121 Å². The van der Waals surface area contributed by atoms with E-state index in [2.05, 4.69) is 16.0 Å². The van der Waals surface area contributed by atoms with Crippen molar-refractivity contribution in [1.29, 1.82) is 0 Å². The third-order valence-corrected chi connectivity index (χ3v) is 5.17. The lowest BCUT2D eigenvalue weighted by Gasteiger charge is -2.08. The number of hydrogen-bond acceptors (Lipinski definition) is 5. The van der Waals surface area contributed by atoms with Gasteiger partial charge in [0, 0.05) is 30.9 Å². The number of anilines is 2. The summed E-state index contributed by atoms with van der Waals surface area (Å²) in [5.74, 6) is -1.88. The van der Waals surface area contributed by atoms with Crippen LogP contribution >= 0.6 is 0 Å². The Morgan fingerprint density at radius 3 is 1.85 bits per heavy atom. The average molecular weight is 389 g/mol. The lowest BCUT2D eigenvalue weighted by Crippen LogP contribution is -2.27. The van der Waals surface area contributed by atoms with Crippen molar-refractivity contribution >= 4 is 38.9 Å². The van der Waals surface area contributed by atoms with Crippen LogP contribution in [0.1, 0.15) is 17.3 Å². The van der Waals surface area contributed by atoms with Crippen molar-refractivity contribution in [2.75, 3.05) is 23.4 Å². The third-order valence-electron chi connectivity index (χ3n) is 3.54. The first-order chi connectivity index (χ1) is 12.7. The van der Waals surface area contributed by atoms with E-state index in [0.717, 1.165) is 0 Å². The standard InChI is InChI=1S/C18H19N3O5S/c1-12(22)20-14-5-7-15(8-6-14)21-18(24)13-3-9-16(10-4-13)27(25,26)11-17(23)19-2/h3-10H,11H2,1-2H3,(H,19,23)(H,20,22)(H,21,24). The number of sulfone groups is 1. The predicted molar refractivity (Wildman–Crippen MR) is 101 cm³/mol. The molecule has 2 aromatic rings. The molecule has 0 saturated carbocycles. The van der Waals surface area contributed by atoms with Gasteiger partial charge in [0.1, 0.15) is 5.75 Å². The minimum atomic E-state index is -3.77. The summed E-state index contributed by atoms with van der Waals surface area (Å²) < 4.78 is 24.2. The number of amides is 3. The Balaban J connectivity index is 2.07. The number of carbonyl (C=O) groups is 3. The smallest absolute Gasteiger partial charge is 0.255 e. The summed E-state index contributed by atoms with van der Waals surface area (Å²) >= 11 is 0. The van der Waals surface area contributed by atoms with Crippen molar-refractivity contribution in [2.24, 2.45) is 0 Å². The summed E-state index contributed by atoms with van der Waals surface area (Å²) in [6, 6.07) is 11.9. The van der Waals surface area contributed by atoms with E-state index in [-0.39, 0.29) is 16.4 Å². The molecule has 3 N–H and O–H groups in total. The first-order valence-corrected chi connectivity index (χ1v) is 9.59. The molecular formula is C18H19N3O5S. The monoisotopic (exact) mass is 389 g/mol. The molecule has 0 atom stereocenters.